The van der Waals surface area contributed by atoms with E-state index in [4.69, 9.17) is 26.8 Å². The van der Waals surface area contributed by atoms with Gasteiger partial charge in [-0.05, 0) is 23.8 Å². The number of halogens is 1. The van der Waals surface area contributed by atoms with Crippen molar-refractivity contribution in [1.82, 2.24) is 4.90 Å². The van der Waals surface area contributed by atoms with Crippen LogP contribution in [0.4, 0.5) is 5.69 Å². The Hall–Kier alpha value is -2.17. The Kier molecular flexibility index (Phi) is 5.05. The summed E-state index contributed by atoms with van der Waals surface area (Å²) in [5.41, 5.74) is 7.57. The summed E-state index contributed by atoms with van der Waals surface area (Å²) in [6.45, 7) is 3.15. The Bertz CT molecular complexity index is 689. The van der Waals surface area contributed by atoms with Crippen LogP contribution in [-0.4, -0.2) is 24.6 Å². The fourth-order valence-corrected chi connectivity index (χ4v) is 2.67. The van der Waals surface area contributed by atoms with Crippen LogP contribution < -0.4 is 10.5 Å². The highest BCUT2D eigenvalue weighted by atomic mass is 35.5. The maximum atomic E-state index is 6.10. The van der Waals surface area contributed by atoms with Crippen LogP contribution >= 0.6 is 11.6 Å². The molecule has 5 heteroatoms. The highest BCUT2D eigenvalue weighted by Crippen LogP contribution is 2.27. The van der Waals surface area contributed by atoms with E-state index in [9.17, 15) is 0 Å². The second-order valence-electron chi connectivity index (χ2n) is 5.44. The molecule has 0 atom stereocenters. The van der Waals surface area contributed by atoms with Crippen LogP contribution in [0.25, 0.3) is 0 Å². The number of nitrogens with zero attached hydrogens (tertiary/aromatic N) is 1. The Morgan fingerprint density at radius 3 is 2.83 bits per heavy atom. The van der Waals surface area contributed by atoms with E-state index in [1.54, 1.807) is 24.5 Å². The number of nitrogens with two attached hydrogens (primary N) is 1. The minimum Gasteiger partial charge on any atom is -0.492 e. The van der Waals surface area contributed by atoms with Gasteiger partial charge >= 0.3 is 0 Å². The van der Waals surface area contributed by atoms with Crippen LogP contribution in [-0.2, 0) is 11.3 Å². The molecule has 120 valence electrons. The molecule has 0 amide bonds. The van der Waals surface area contributed by atoms with E-state index in [0.29, 0.717) is 29.6 Å². The van der Waals surface area contributed by atoms with Gasteiger partial charge in [0.1, 0.15) is 24.4 Å². The zero-order valence-electron chi connectivity index (χ0n) is 12.7. The van der Waals surface area contributed by atoms with Crippen LogP contribution in [0.15, 0.2) is 60.6 Å². The molecule has 2 aromatic rings. The third kappa shape index (κ3) is 4.41. The third-order valence-electron chi connectivity index (χ3n) is 3.60. The van der Waals surface area contributed by atoms with E-state index in [-0.39, 0.29) is 0 Å². The quantitative estimate of drug-likeness (QED) is 0.686. The lowest BCUT2D eigenvalue weighted by Crippen LogP contribution is -2.34. The molecular weight excluding hydrogens is 312 g/mol. The SMILES string of the molecule is Nc1ccc(OC=C2CN(Cc3ccccc3)CCO2)c(Cl)c1. The van der Waals surface area contributed by atoms with Crippen LogP contribution in [0.5, 0.6) is 5.75 Å². The largest absolute Gasteiger partial charge is 0.492 e. The summed E-state index contributed by atoms with van der Waals surface area (Å²) < 4.78 is 11.3. The second-order valence-corrected chi connectivity index (χ2v) is 5.84. The first-order valence-corrected chi connectivity index (χ1v) is 7.88. The van der Waals surface area contributed by atoms with Gasteiger partial charge in [-0.3, -0.25) is 4.90 Å². The molecule has 1 aliphatic heterocycles. The molecule has 1 fully saturated rings. The molecule has 0 saturated carbocycles. The minimum atomic E-state index is 0.485. The molecule has 23 heavy (non-hydrogen) atoms. The highest BCUT2D eigenvalue weighted by molar-refractivity contribution is 6.32. The van der Waals surface area contributed by atoms with Crippen molar-refractivity contribution >= 4 is 17.3 Å². The summed E-state index contributed by atoms with van der Waals surface area (Å²) in [5.74, 6) is 1.36. The molecule has 0 aromatic heterocycles. The Labute approximate surface area is 141 Å². The topological polar surface area (TPSA) is 47.7 Å². The van der Waals surface area contributed by atoms with E-state index in [1.807, 2.05) is 6.07 Å². The number of nitrogen functional groups attached to an aromatic ring is 1. The number of anilines is 1. The minimum absolute atomic E-state index is 0.485. The molecule has 0 spiro atoms. The number of benzene rings is 2. The van der Waals surface area contributed by atoms with Crippen LogP contribution in [0.1, 0.15) is 5.56 Å². The molecule has 0 aliphatic carbocycles. The summed E-state index contributed by atoms with van der Waals surface area (Å²) in [5, 5.41) is 0.485. The first-order chi connectivity index (χ1) is 11.2. The van der Waals surface area contributed by atoms with Gasteiger partial charge in [-0.1, -0.05) is 41.9 Å². The third-order valence-corrected chi connectivity index (χ3v) is 3.89. The lowest BCUT2D eigenvalue weighted by molar-refractivity contribution is 0.0843. The van der Waals surface area contributed by atoms with E-state index in [0.717, 1.165) is 18.8 Å². The highest BCUT2D eigenvalue weighted by Gasteiger charge is 2.16. The van der Waals surface area contributed by atoms with Crippen molar-refractivity contribution in [1.29, 1.82) is 0 Å². The number of ether oxygens (including phenoxy) is 2. The molecule has 1 saturated heterocycles. The van der Waals surface area contributed by atoms with Gasteiger partial charge in [0.15, 0.2) is 0 Å². The first kappa shape index (κ1) is 15.7. The second kappa shape index (κ2) is 7.40. The van der Waals surface area contributed by atoms with Crippen molar-refractivity contribution in [3.63, 3.8) is 0 Å². The molecular formula is C18H19ClN2O2. The van der Waals surface area contributed by atoms with Crippen molar-refractivity contribution in [3.8, 4) is 5.75 Å². The van der Waals surface area contributed by atoms with Gasteiger partial charge in [-0.25, -0.2) is 0 Å². The molecule has 4 nitrogen and oxygen atoms in total. The smallest absolute Gasteiger partial charge is 0.145 e. The van der Waals surface area contributed by atoms with Crippen LogP contribution in [0, 0.1) is 0 Å². The van der Waals surface area contributed by atoms with Crippen molar-refractivity contribution < 1.29 is 9.47 Å². The van der Waals surface area contributed by atoms with Crippen LogP contribution in [0.3, 0.4) is 0 Å². The molecule has 1 heterocycles. The molecule has 2 N–H and O–H groups in total. The predicted octanol–water partition coefficient (Wildman–Crippen LogP) is 3.67. The zero-order chi connectivity index (χ0) is 16.1. The fraction of sp³-hybridized carbons (Fsp3) is 0.222. The zero-order valence-corrected chi connectivity index (χ0v) is 13.5. The molecule has 1 aliphatic rings. The number of hydrogen-bond acceptors (Lipinski definition) is 4. The Balaban J connectivity index is 1.61. The molecule has 0 bridgehead atoms. The lowest BCUT2D eigenvalue weighted by atomic mass is 10.2. The maximum absolute atomic E-state index is 6.10. The van der Waals surface area contributed by atoms with Gasteiger partial charge in [-0.2, -0.15) is 0 Å². The van der Waals surface area contributed by atoms with E-state index < -0.39 is 0 Å². The predicted molar refractivity (Wildman–Crippen MR) is 92.2 cm³/mol. The molecule has 0 radical (unpaired) electrons. The van der Waals surface area contributed by atoms with Gasteiger partial charge in [0.2, 0.25) is 0 Å². The fourth-order valence-electron chi connectivity index (χ4n) is 2.44. The van der Waals surface area contributed by atoms with Gasteiger partial charge < -0.3 is 15.2 Å². The average Bonchev–Trinajstić information content (AvgIpc) is 2.55. The van der Waals surface area contributed by atoms with Crippen molar-refractivity contribution in [2.45, 2.75) is 6.54 Å². The van der Waals surface area contributed by atoms with Gasteiger partial charge in [-0.15, -0.1) is 0 Å². The summed E-state index contributed by atoms with van der Waals surface area (Å²) in [6, 6.07) is 15.6. The molecule has 3 rings (SSSR count). The Morgan fingerprint density at radius 1 is 1.22 bits per heavy atom. The number of hydrogen-bond donors (Lipinski definition) is 1. The van der Waals surface area contributed by atoms with Crippen molar-refractivity contribution in [2.24, 2.45) is 0 Å². The van der Waals surface area contributed by atoms with Crippen LogP contribution in [0.2, 0.25) is 5.02 Å². The molecule has 2 aromatic carbocycles. The summed E-state index contributed by atoms with van der Waals surface area (Å²) >= 11 is 6.10. The normalized spacial score (nSPS) is 17.0. The summed E-state index contributed by atoms with van der Waals surface area (Å²) in [4.78, 5) is 2.32. The van der Waals surface area contributed by atoms with E-state index in [1.165, 1.54) is 5.56 Å². The van der Waals surface area contributed by atoms with Crippen molar-refractivity contribution in [3.05, 3.63) is 71.1 Å². The lowest BCUT2D eigenvalue weighted by Gasteiger charge is -2.28. The van der Waals surface area contributed by atoms with Gasteiger partial charge in [0.25, 0.3) is 0 Å². The average molecular weight is 331 g/mol. The van der Waals surface area contributed by atoms with Gasteiger partial charge in [0.05, 0.1) is 11.6 Å². The summed E-state index contributed by atoms with van der Waals surface area (Å²) in [7, 11) is 0. The van der Waals surface area contributed by atoms with E-state index in [2.05, 4.69) is 29.2 Å². The Morgan fingerprint density at radius 2 is 2.04 bits per heavy atom. The first-order valence-electron chi connectivity index (χ1n) is 7.50. The standard InChI is InChI=1S/C18H19ClN2O2/c19-17-10-15(20)6-7-18(17)23-13-16-12-21(8-9-22-16)11-14-4-2-1-3-5-14/h1-7,10,13H,8-9,11-12,20H2. The summed E-state index contributed by atoms with van der Waals surface area (Å²) in [6.07, 6.45) is 1.62. The number of morpholine rings is 1. The maximum Gasteiger partial charge on any atom is 0.145 e. The van der Waals surface area contributed by atoms with E-state index >= 15 is 0 Å². The monoisotopic (exact) mass is 330 g/mol. The number of rotatable bonds is 4. The van der Waals surface area contributed by atoms with Crippen molar-refractivity contribution in [2.75, 3.05) is 25.4 Å². The van der Waals surface area contributed by atoms with Gasteiger partial charge in [0, 0.05) is 18.8 Å². The molecule has 0 unspecified atom stereocenters.